The summed E-state index contributed by atoms with van der Waals surface area (Å²) in [4.78, 5) is 29.6. The molecule has 3 N–H and O–H groups in total. The molecule has 2 aromatic carbocycles. The van der Waals surface area contributed by atoms with Gasteiger partial charge in [0.25, 0.3) is 11.5 Å². The Labute approximate surface area is 197 Å². The molecule has 4 rings (SSSR count). The third-order valence-electron chi connectivity index (χ3n) is 5.42. The van der Waals surface area contributed by atoms with Crippen LogP contribution in [0.4, 0.5) is 18.9 Å². The number of halogens is 3. The quantitative estimate of drug-likeness (QED) is 0.422. The minimum atomic E-state index is -4.57. The molecule has 2 heterocycles. The van der Waals surface area contributed by atoms with Crippen molar-refractivity contribution in [1.82, 2.24) is 24.6 Å². The molecule has 1 amide bonds. The molecule has 8 nitrogen and oxygen atoms in total. The van der Waals surface area contributed by atoms with Gasteiger partial charge in [0.2, 0.25) is 0 Å². The average Bonchev–Trinajstić information content (AvgIpc) is 3.24. The van der Waals surface area contributed by atoms with E-state index in [4.69, 9.17) is 5.73 Å². The van der Waals surface area contributed by atoms with Crippen molar-refractivity contribution in [1.29, 1.82) is 0 Å². The lowest BCUT2D eigenvalue weighted by Gasteiger charge is -2.18. The smallest absolute Gasteiger partial charge is 0.399 e. The zero-order chi connectivity index (χ0) is 25.3. The summed E-state index contributed by atoms with van der Waals surface area (Å²) in [6, 6.07) is 12.0. The maximum atomic E-state index is 13.1. The molecule has 180 valence electrons. The Hall–Kier alpha value is -4.41. The fourth-order valence-electron chi connectivity index (χ4n) is 3.63. The van der Waals surface area contributed by atoms with Crippen LogP contribution in [0.25, 0.3) is 17.1 Å². The summed E-state index contributed by atoms with van der Waals surface area (Å²) < 4.78 is 42.3. The number of rotatable bonds is 5. The van der Waals surface area contributed by atoms with Gasteiger partial charge in [-0.1, -0.05) is 12.1 Å². The number of hydrogen-bond donors (Lipinski definition) is 2. The molecule has 2 aromatic heterocycles. The second kappa shape index (κ2) is 9.09. The van der Waals surface area contributed by atoms with Gasteiger partial charge in [-0.25, -0.2) is 9.67 Å². The molecule has 0 saturated carbocycles. The van der Waals surface area contributed by atoms with Gasteiger partial charge in [-0.05, 0) is 48.9 Å². The first-order valence-corrected chi connectivity index (χ1v) is 10.5. The highest BCUT2D eigenvalue weighted by Crippen LogP contribution is 2.32. The van der Waals surface area contributed by atoms with E-state index in [0.29, 0.717) is 11.5 Å². The molecular formula is C24H21F3N6O2. The third-order valence-corrected chi connectivity index (χ3v) is 5.42. The number of aryl methyl sites for hydroxylation is 1. The Morgan fingerprint density at radius 1 is 1.11 bits per heavy atom. The molecule has 1 unspecified atom stereocenters. The van der Waals surface area contributed by atoms with Crippen molar-refractivity contribution in [3.63, 3.8) is 0 Å². The summed E-state index contributed by atoms with van der Waals surface area (Å²) in [5.41, 5.74) is 5.89. The molecular weight excluding hydrogens is 461 g/mol. The molecule has 11 heteroatoms. The largest absolute Gasteiger partial charge is 0.416 e. The van der Waals surface area contributed by atoms with E-state index in [1.54, 1.807) is 36.9 Å². The van der Waals surface area contributed by atoms with Crippen LogP contribution in [0.1, 0.15) is 34.5 Å². The number of nitrogens with zero attached hydrogens (tertiary/aromatic N) is 4. The van der Waals surface area contributed by atoms with E-state index in [1.807, 2.05) is 6.07 Å². The van der Waals surface area contributed by atoms with Gasteiger partial charge in [0.15, 0.2) is 5.82 Å². The van der Waals surface area contributed by atoms with Crippen LogP contribution in [0.15, 0.2) is 71.9 Å². The summed E-state index contributed by atoms with van der Waals surface area (Å²) >= 11 is 0. The third kappa shape index (κ3) is 5.08. The van der Waals surface area contributed by atoms with Gasteiger partial charge < -0.3 is 11.1 Å². The lowest BCUT2D eigenvalue weighted by Crippen LogP contribution is -2.28. The van der Waals surface area contributed by atoms with Crippen LogP contribution in [-0.4, -0.2) is 25.2 Å². The number of nitrogens with one attached hydrogen (secondary N) is 1. The molecule has 0 saturated heterocycles. The first-order chi connectivity index (χ1) is 16.5. The normalized spacial score (nSPS) is 12.4. The standard InChI is InChI=1S/C24H21F3N6O2/c1-14(17-8-18(24(25,26)27)11-19(28)9-17)31-23(35)16-6-7-21(34)33(12-16)20-5-3-4-15(10-20)22-29-13-30-32(22)2/h3-14H,28H2,1-2H3,(H,31,35). The molecule has 0 aliphatic heterocycles. The van der Waals surface area contributed by atoms with Crippen LogP contribution in [0.3, 0.4) is 0 Å². The maximum Gasteiger partial charge on any atom is 0.416 e. The summed E-state index contributed by atoms with van der Waals surface area (Å²) in [6.07, 6.45) is -1.78. The highest BCUT2D eigenvalue weighted by molar-refractivity contribution is 5.94. The number of nitrogen functional groups attached to an aromatic ring is 1. The van der Waals surface area contributed by atoms with Crippen LogP contribution in [-0.2, 0) is 13.2 Å². The predicted molar refractivity (Wildman–Crippen MR) is 124 cm³/mol. The molecule has 4 aromatic rings. The Kier molecular flexibility index (Phi) is 6.16. The molecule has 0 spiro atoms. The summed E-state index contributed by atoms with van der Waals surface area (Å²) in [5, 5.41) is 6.70. The average molecular weight is 482 g/mol. The highest BCUT2D eigenvalue weighted by Gasteiger charge is 2.31. The lowest BCUT2D eigenvalue weighted by atomic mass is 10.0. The van der Waals surface area contributed by atoms with Crippen LogP contribution in [0, 0.1) is 0 Å². The van der Waals surface area contributed by atoms with E-state index < -0.39 is 23.7 Å². The number of carbonyl (C=O) groups excluding carboxylic acids is 1. The van der Waals surface area contributed by atoms with Crippen LogP contribution in [0.5, 0.6) is 0 Å². The Morgan fingerprint density at radius 3 is 2.57 bits per heavy atom. The Balaban J connectivity index is 1.61. The minimum absolute atomic E-state index is 0.0627. The Morgan fingerprint density at radius 2 is 1.89 bits per heavy atom. The van der Waals surface area contributed by atoms with Crippen molar-refractivity contribution >= 4 is 11.6 Å². The van der Waals surface area contributed by atoms with Crippen molar-refractivity contribution in [2.45, 2.75) is 19.1 Å². The molecule has 35 heavy (non-hydrogen) atoms. The summed E-state index contributed by atoms with van der Waals surface area (Å²) in [5.74, 6) is 0.0367. The van der Waals surface area contributed by atoms with E-state index in [2.05, 4.69) is 15.4 Å². The minimum Gasteiger partial charge on any atom is -0.399 e. The number of hydrogen-bond acceptors (Lipinski definition) is 5. The van der Waals surface area contributed by atoms with Crippen molar-refractivity contribution < 1.29 is 18.0 Å². The van der Waals surface area contributed by atoms with E-state index >= 15 is 0 Å². The van der Waals surface area contributed by atoms with Gasteiger partial charge in [-0.3, -0.25) is 14.2 Å². The lowest BCUT2D eigenvalue weighted by molar-refractivity contribution is -0.137. The topological polar surface area (TPSA) is 108 Å². The molecule has 0 fully saturated rings. The monoisotopic (exact) mass is 482 g/mol. The van der Waals surface area contributed by atoms with Crippen LogP contribution in [0.2, 0.25) is 0 Å². The van der Waals surface area contributed by atoms with Crippen LogP contribution < -0.4 is 16.6 Å². The number of pyridine rings is 1. The predicted octanol–water partition coefficient (Wildman–Crippen LogP) is 3.73. The number of alkyl halides is 3. The van der Waals surface area contributed by atoms with E-state index in [0.717, 1.165) is 17.7 Å². The zero-order valence-electron chi connectivity index (χ0n) is 18.7. The van der Waals surface area contributed by atoms with Crippen molar-refractivity contribution in [3.05, 3.63) is 94.2 Å². The van der Waals surface area contributed by atoms with Crippen molar-refractivity contribution in [2.75, 3.05) is 5.73 Å². The number of anilines is 1. The van der Waals surface area contributed by atoms with Crippen LogP contribution >= 0.6 is 0 Å². The van der Waals surface area contributed by atoms with E-state index in [-0.39, 0.29) is 22.4 Å². The first-order valence-electron chi connectivity index (χ1n) is 10.5. The van der Waals surface area contributed by atoms with Crippen molar-refractivity contribution in [3.8, 4) is 17.1 Å². The molecule has 0 aliphatic rings. The van der Waals surface area contributed by atoms with Crippen molar-refractivity contribution in [2.24, 2.45) is 7.05 Å². The first kappa shape index (κ1) is 23.7. The molecule has 0 bridgehead atoms. The van der Waals surface area contributed by atoms with Gasteiger partial charge in [-0.2, -0.15) is 18.3 Å². The number of amides is 1. The number of aromatic nitrogens is 4. The summed E-state index contributed by atoms with van der Waals surface area (Å²) in [6.45, 7) is 1.55. The van der Waals surface area contributed by atoms with Gasteiger partial charge in [0.05, 0.1) is 17.2 Å². The highest BCUT2D eigenvalue weighted by atomic mass is 19.4. The number of benzene rings is 2. The number of carbonyl (C=O) groups is 1. The van der Waals surface area contributed by atoms with E-state index in [9.17, 15) is 22.8 Å². The molecule has 1 atom stereocenters. The maximum absolute atomic E-state index is 13.1. The van der Waals surface area contributed by atoms with Gasteiger partial charge >= 0.3 is 6.18 Å². The molecule has 0 radical (unpaired) electrons. The summed E-state index contributed by atoms with van der Waals surface area (Å²) in [7, 11) is 1.74. The second-order valence-electron chi connectivity index (χ2n) is 7.96. The number of nitrogens with two attached hydrogens (primary N) is 1. The fraction of sp³-hybridized carbons (Fsp3) is 0.167. The van der Waals surface area contributed by atoms with Gasteiger partial charge in [0, 0.05) is 36.2 Å². The van der Waals surface area contributed by atoms with Gasteiger partial charge in [0.1, 0.15) is 6.33 Å². The molecule has 0 aliphatic carbocycles. The SMILES string of the molecule is CC(NC(=O)c1ccc(=O)n(-c2cccc(-c3ncnn3C)c2)c1)c1cc(N)cc(C(F)(F)F)c1. The Bertz CT molecular complexity index is 1460. The second-order valence-corrected chi connectivity index (χ2v) is 7.96. The zero-order valence-corrected chi connectivity index (χ0v) is 18.7. The van der Waals surface area contributed by atoms with E-state index in [1.165, 1.54) is 35.3 Å². The van der Waals surface area contributed by atoms with Gasteiger partial charge in [-0.15, -0.1) is 0 Å². The fourth-order valence-corrected chi connectivity index (χ4v) is 3.63.